The van der Waals surface area contributed by atoms with Crippen molar-refractivity contribution in [3.8, 4) is 0 Å². The average molecular weight is 1100 g/mol. The van der Waals surface area contributed by atoms with Crippen LogP contribution in [-0.2, 0) is 33.3 Å². The Labute approximate surface area is 484 Å². The van der Waals surface area contributed by atoms with E-state index >= 15 is 0 Å². The Morgan fingerprint density at radius 2 is 0.692 bits per heavy atom. The Morgan fingerprint density at radius 1 is 0.385 bits per heavy atom. The summed E-state index contributed by atoms with van der Waals surface area (Å²) < 4.78 is 22.7. The first kappa shape index (κ1) is 75.8. The molecule has 0 aliphatic carbocycles. The van der Waals surface area contributed by atoms with E-state index in [1.807, 2.05) is 21.1 Å². The van der Waals surface area contributed by atoms with Gasteiger partial charge >= 0.3 is 11.9 Å². The van der Waals surface area contributed by atoms with Crippen molar-refractivity contribution >= 4 is 17.9 Å². The maximum Gasteiger partial charge on any atom is 0.306 e. The van der Waals surface area contributed by atoms with Crippen molar-refractivity contribution in [2.24, 2.45) is 0 Å². The molecule has 460 valence electrons. The second-order valence-corrected chi connectivity index (χ2v) is 24.5. The smallest absolute Gasteiger partial charge is 0.306 e. The number of ether oxygens (including phenoxy) is 4. The molecule has 0 aromatic heterocycles. The van der Waals surface area contributed by atoms with E-state index in [4.69, 9.17) is 18.9 Å². The van der Waals surface area contributed by atoms with E-state index in [9.17, 15) is 19.5 Å². The fourth-order valence-electron chi connectivity index (χ4n) is 10.2. The summed E-state index contributed by atoms with van der Waals surface area (Å²) in [6, 6.07) is 0. The summed E-state index contributed by atoms with van der Waals surface area (Å²) in [5.74, 6) is -2.26. The molecule has 0 aromatic carbocycles. The molecule has 0 rings (SSSR count). The molecule has 0 aromatic rings. The number of unbranched alkanes of at least 4 members (excludes halogenated alkanes) is 45. The van der Waals surface area contributed by atoms with Gasteiger partial charge in [-0.3, -0.25) is 9.59 Å². The highest BCUT2D eigenvalue weighted by Crippen LogP contribution is 2.19. The van der Waals surface area contributed by atoms with Crippen LogP contribution >= 0.6 is 0 Å². The lowest BCUT2D eigenvalue weighted by atomic mass is 10.0. The summed E-state index contributed by atoms with van der Waals surface area (Å²) in [5.41, 5.74) is 0. The van der Waals surface area contributed by atoms with E-state index in [2.05, 4.69) is 38.2 Å². The number of nitrogens with zero attached hydrogens (tertiary/aromatic N) is 1. The molecular formula is C69H131NO8. The van der Waals surface area contributed by atoms with Crippen molar-refractivity contribution < 1.29 is 42.9 Å². The number of likely N-dealkylation sites (N-methyl/N-ethyl adjacent to an activating group) is 1. The van der Waals surface area contributed by atoms with Gasteiger partial charge in [0.1, 0.15) is 13.2 Å². The lowest BCUT2D eigenvalue weighted by Gasteiger charge is -2.26. The number of quaternary nitrogens is 1. The lowest BCUT2D eigenvalue weighted by molar-refractivity contribution is -0.870. The molecule has 9 heteroatoms. The monoisotopic (exact) mass is 1100 g/mol. The second-order valence-electron chi connectivity index (χ2n) is 24.5. The Hall–Kier alpha value is -2.23. The number of esters is 2. The first-order chi connectivity index (χ1) is 38.1. The van der Waals surface area contributed by atoms with Gasteiger partial charge in [-0.2, -0.15) is 0 Å². The molecule has 0 spiro atoms. The molecule has 9 nitrogen and oxygen atoms in total. The van der Waals surface area contributed by atoms with Gasteiger partial charge in [-0.05, 0) is 44.9 Å². The van der Waals surface area contributed by atoms with Gasteiger partial charge in [-0.1, -0.05) is 308 Å². The summed E-state index contributed by atoms with van der Waals surface area (Å²) in [6.45, 7) is 4.78. The molecule has 2 atom stereocenters. The van der Waals surface area contributed by atoms with E-state index in [0.29, 0.717) is 17.4 Å². The molecule has 0 aliphatic rings. The van der Waals surface area contributed by atoms with E-state index in [-0.39, 0.29) is 32.2 Å². The predicted octanol–water partition coefficient (Wildman–Crippen LogP) is 19.3. The minimum atomic E-state index is -1.62. The van der Waals surface area contributed by atoms with Crippen LogP contribution in [-0.4, -0.2) is 82.3 Å². The van der Waals surface area contributed by atoms with Crippen LogP contribution in [0, 0.1) is 0 Å². The Morgan fingerprint density at radius 3 is 1.01 bits per heavy atom. The maximum absolute atomic E-state index is 12.9. The molecule has 0 amide bonds. The van der Waals surface area contributed by atoms with E-state index in [1.165, 1.54) is 270 Å². The largest absolute Gasteiger partial charge is 0.545 e. The molecule has 0 saturated carbocycles. The molecular weight excluding hydrogens is 971 g/mol. The number of hydrogen-bond donors (Lipinski definition) is 0. The van der Waals surface area contributed by atoms with Gasteiger partial charge in [0.25, 0.3) is 0 Å². The molecule has 0 aliphatic heterocycles. The van der Waals surface area contributed by atoms with Crippen LogP contribution in [0.25, 0.3) is 0 Å². The van der Waals surface area contributed by atoms with Gasteiger partial charge in [-0.15, -0.1) is 0 Å². The van der Waals surface area contributed by atoms with Crippen molar-refractivity contribution in [1.82, 2.24) is 0 Å². The number of carboxylic acid groups (broad SMARTS) is 1. The molecule has 2 unspecified atom stereocenters. The topological polar surface area (TPSA) is 111 Å². The number of carbonyl (C=O) groups is 3. The Balaban J connectivity index is 3.85. The van der Waals surface area contributed by atoms with Gasteiger partial charge in [0.15, 0.2) is 12.4 Å². The summed E-state index contributed by atoms with van der Waals surface area (Å²) in [6.07, 6.45) is 71.5. The van der Waals surface area contributed by atoms with Crippen LogP contribution in [0.5, 0.6) is 0 Å². The Kier molecular flexibility index (Phi) is 59.1. The summed E-state index contributed by atoms with van der Waals surface area (Å²) in [7, 11) is 5.93. The standard InChI is InChI=1S/C69H131NO8/c1-6-8-10-12-14-16-18-20-21-22-23-24-25-26-27-28-29-30-31-32-33-34-35-36-37-38-39-40-41-42-43-44-45-46-47-48-50-52-54-56-58-60-67(72)78-65(64-77-69(68(73)74)75-62-61-70(3,4)5)63-76-66(71)59-57-55-53-51-49-19-17-15-13-11-9-7-2/h18,20,22-23,65,69H,6-17,19,21,24-64H2,1-5H3/b20-18-,23-22-. The van der Waals surface area contributed by atoms with E-state index < -0.39 is 24.3 Å². The molecule has 0 radical (unpaired) electrons. The normalized spacial score (nSPS) is 12.8. The van der Waals surface area contributed by atoms with Crippen molar-refractivity contribution in [2.75, 3.05) is 47.5 Å². The number of rotatable bonds is 64. The zero-order chi connectivity index (χ0) is 56.9. The van der Waals surface area contributed by atoms with Crippen LogP contribution in [0.1, 0.15) is 341 Å². The van der Waals surface area contributed by atoms with E-state index in [0.717, 1.165) is 44.9 Å². The number of carbonyl (C=O) groups excluding carboxylic acids is 3. The summed E-state index contributed by atoms with van der Waals surface area (Å²) >= 11 is 0. The molecule has 0 saturated heterocycles. The number of carboxylic acids is 1. The second kappa shape index (κ2) is 60.9. The van der Waals surface area contributed by atoms with Crippen molar-refractivity contribution in [1.29, 1.82) is 0 Å². The van der Waals surface area contributed by atoms with Crippen LogP contribution in [0.2, 0.25) is 0 Å². The van der Waals surface area contributed by atoms with Gasteiger partial charge in [0, 0.05) is 12.8 Å². The summed E-state index contributed by atoms with van der Waals surface area (Å²) in [5, 5.41) is 11.8. The summed E-state index contributed by atoms with van der Waals surface area (Å²) in [4.78, 5) is 37.2. The fourth-order valence-corrected chi connectivity index (χ4v) is 10.2. The highest BCUT2D eigenvalue weighted by Gasteiger charge is 2.22. The third-order valence-electron chi connectivity index (χ3n) is 15.5. The van der Waals surface area contributed by atoms with Crippen LogP contribution in [0.4, 0.5) is 0 Å². The molecule has 0 fully saturated rings. The zero-order valence-corrected chi connectivity index (χ0v) is 52.6. The van der Waals surface area contributed by atoms with Crippen LogP contribution in [0.15, 0.2) is 24.3 Å². The maximum atomic E-state index is 12.9. The van der Waals surface area contributed by atoms with Gasteiger partial charge in [0.2, 0.25) is 0 Å². The third-order valence-corrected chi connectivity index (χ3v) is 15.5. The highest BCUT2D eigenvalue weighted by molar-refractivity contribution is 5.70. The first-order valence-corrected chi connectivity index (χ1v) is 34.0. The zero-order valence-electron chi connectivity index (χ0n) is 52.6. The van der Waals surface area contributed by atoms with Gasteiger partial charge < -0.3 is 33.3 Å². The van der Waals surface area contributed by atoms with E-state index in [1.54, 1.807) is 0 Å². The Bertz CT molecular complexity index is 1330. The number of hydrogen-bond acceptors (Lipinski definition) is 8. The minimum absolute atomic E-state index is 0.152. The molecule has 0 heterocycles. The quantitative estimate of drug-likeness (QED) is 0.0195. The molecule has 78 heavy (non-hydrogen) atoms. The van der Waals surface area contributed by atoms with Gasteiger partial charge in [-0.25, -0.2) is 0 Å². The molecule has 0 bridgehead atoms. The van der Waals surface area contributed by atoms with Crippen molar-refractivity contribution in [3.63, 3.8) is 0 Å². The van der Waals surface area contributed by atoms with Crippen LogP contribution in [0.3, 0.4) is 0 Å². The highest BCUT2D eigenvalue weighted by atomic mass is 16.7. The third kappa shape index (κ3) is 61.4. The fraction of sp³-hybridized carbons (Fsp3) is 0.899. The average Bonchev–Trinajstić information content (AvgIpc) is 3.41. The van der Waals surface area contributed by atoms with Gasteiger partial charge in [0.05, 0.1) is 40.3 Å². The van der Waals surface area contributed by atoms with Crippen molar-refractivity contribution in [2.45, 2.75) is 354 Å². The minimum Gasteiger partial charge on any atom is -0.545 e. The SMILES string of the molecule is CCCCCCC/C=C\C/C=C\CCCCCCCCCCCCCCCCCCCCCCCCCCCCCCCC(=O)OC(COC(=O)CCCCCCCCCCCCCC)COC(OCC[N+](C)(C)C)C(=O)[O-]. The predicted molar refractivity (Wildman–Crippen MR) is 330 cm³/mol. The number of allylic oxidation sites excluding steroid dienone is 4. The van der Waals surface area contributed by atoms with Crippen LogP contribution < -0.4 is 5.11 Å². The van der Waals surface area contributed by atoms with Crippen molar-refractivity contribution in [3.05, 3.63) is 24.3 Å². The number of aliphatic carboxylic acids is 1. The molecule has 0 N–H and O–H groups in total. The first-order valence-electron chi connectivity index (χ1n) is 34.0. The lowest BCUT2D eigenvalue weighted by Crippen LogP contribution is -2.44.